The lowest BCUT2D eigenvalue weighted by Gasteiger charge is -2.06. The van der Waals surface area contributed by atoms with Crippen LogP contribution in [0.5, 0.6) is 5.75 Å². The smallest absolute Gasteiger partial charge is 0.244 e. The summed E-state index contributed by atoms with van der Waals surface area (Å²) in [7, 11) is -0.598. The van der Waals surface area contributed by atoms with Crippen molar-refractivity contribution in [2.24, 2.45) is 0 Å². The summed E-state index contributed by atoms with van der Waals surface area (Å²) >= 11 is 0. The highest BCUT2D eigenvalue weighted by Gasteiger charge is 1.95. The topological polar surface area (TPSA) is 35.2 Å². The third-order valence-corrected chi connectivity index (χ3v) is 3.11. The summed E-state index contributed by atoms with van der Waals surface area (Å²) in [5.74, 6) is 0.812. The molecule has 0 spiro atoms. The second-order valence-corrected chi connectivity index (χ2v) is 4.16. The Morgan fingerprint density at radius 1 is 1.38 bits per heavy atom. The van der Waals surface area contributed by atoms with Crippen molar-refractivity contribution in [1.29, 1.82) is 0 Å². The maximum atomic E-state index is 5.71. The van der Waals surface area contributed by atoms with Gasteiger partial charge in [0.05, 0.1) is 5.69 Å². The second-order valence-electron chi connectivity index (χ2n) is 3.13. The van der Waals surface area contributed by atoms with Gasteiger partial charge in [-0.25, -0.2) is 0 Å². The van der Waals surface area contributed by atoms with E-state index in [1.807, 2.05) is 24.3 Å². The quantitative estimate of drug-likeness (QED) is 0.585. The van der Waals surface area contributed by atoms with Crippen molar-refractivity contribution in [3.63, 3.8) is 0 Å². The largest absolute Gasteiger partial charge is 0.544 e. The number of allylic oxidation sites excluding steroid dienone is 1. The van der Waals surface area contributed by atoms with Crippen LogP contribution in [0.2, 0.25) is 0 Å². The summed E-state index contributed by atoms with van der Waals surface area (Å²) in [6.45, 7) is 4.15. The van der Waals surface area contributed by atoms with E-state index in [4.69, 9.17) is 10.2 Å². The molecule has 0 atom stereocenters. The SMILES string of the molecule is CC(C)=C[SiH2]Oc1ccccc1N. The fraction of sp³-hybridized carbons (Fsp3) is 0.200. The number of benzene rings is 1. The van der Waals surface area contributed by atoms with Crippen LogP contribution in [0.25, 0.3) is 0 Å². The number of hydrogen-bond acceptors (Lipinski definition) is 2. The lowest BCUT2D eigenvalue weighted by molar-refractivity contribution is 0.606. The molecule has 1 aromatic rings. The number of anilines is 1. The Morgan fingerprint density at radius 2 is 2.08 bits per heavy atom. The lowest BCUT2D eigenvalue weighted by atomic mass is 10.3. The maximum Gasteiger partial charge on any atom is 0.244 e. The highest BCUT2D eigenvalue weighted by molar-refractivity contribution is 6.35. The summed E-state index contributed by atoms with van der Waals surface area (Å²) < 4.78 is 5.59. The van der Waals surface area contributed by atoms with Crippen molar-refractivity contribution in [2.75, 3.05) is 5.73 Å². The van der Waals surface area contributed by atoms with Crippen LogP contribution in [-0.2, 0) is 0 Å². The number of hydrogen-bond donors (Lipinski definition) is 1. The zero-order valence-corrected chi connectivity index (χ0v) is 9.49. The van der Waals surface area contributed by atoms with E-state index in [0.29, 0.717) is 0 Å². The molecule has 0 aromatic heterocycles. The molecular formula is C10H15NOSi. The molecule has 70 valence electrons. The summed E-state index contributed by atoms with van der Waals surface area (Å²) in [5.41, 5.74) is 9.90. The lowest BCUT2D eigenvalue weighted by Crippen LogP contribution is -2.01. The first-order valence-electron chi connectivity index (χ1n) is 4.31. The summed E-state index contributed by atoms with van der Waals surface area (Å²) in [5, 5.41) is 0. The Kier molecular flexibility index (Phi) is 3.58. The zero-order valence-electron chi connectivity index (χ0n) is 8.08. The van der Waals surface area contributed by atoms with Crippen LogP contribution < -0.4 is 10.2 Å². The molecule has 0 unspecified atom stereocenters. The molecule has 13 heavy (non-hydrogen) atoms. The summed E-state index contributed by atoms with van der Waals surface area (Å²) in [4.78, 5) is 0. The summed E-state index contributed by atoms with van der Waals surface area (Å²) in [6, 6.07) is 7.60. The van der Waals surface area contributed by atoms with Gasteiger partial charge in [0.1, 0.15) is 5.75 Å². The van der Waals surface area contributed by atoms with Gasteiger partial charge < -0.3 is 10.2 Å². The van der Waals surface area contributed by atoms with Gasteiger partial charge in [-0.3, -0.25) is 0 Å². The molecule has 0 radical (unpaired) electrons. The van der Waals surface area contributed by atoms with Crippen LogP contribution in [-0.4, -0.2) is 9.76 Å². The molecule has 1 rings (SSSR count). The highest BCUT2D eigenvalue weighted by atomic mass is 28.2. The molecule has 0 aliphatic heterocycles. The van der Waals surface area contributed by atoms with Gasteiger partial charge in [-0.2, -0.15) is 0 Å². The Labute approximate surface area is 81.4 Å². The Hall–Kier alpha value is -1.22. The minimum atomic E-state index is -0.598. The molecule has 0 fully saturated rings. The van der Waals surface area contributed by atoms with Gasteiger partial charge in [0, 0.05) is 0 Å². The molecule has 0 saturated carbocycles. The van der Waals surface area contributed by atoms with Gasteiger partial charge >= 0.3 is 0 Å². The van der Waals surface area contributed by atoms with Crippen molar-refractivity contribution in [3.05, 3.63) is 35.5 Å². The zero-order chi connectivity index (χ0) is 9.68. The van der Waals surface area contributed by atoms with Crippen molar-refractivity contribution in [1.82, 2.24) is 0 Å². The predicted octanol–water partition coefficient (Wildman–Crippen LogP) is 1.66. The van der Waals surface area contributed by atoms with Crippen LogP contribution in [0.1, 0.15) is 13.8 Å². The maximum absolute atomic E-state index is 5.71. The van der Waals surface area contributed by atoms with Gasteiger partial charge in [-0.05, 0) is 26.0 Å². The van der Waals surface area contributed by atoms with E-state index < -0.39 is 9.76 Å². The first-order chi connectivity index (χ1) is 6.20. The van der Waals surface area contributed by atoms with Gasteiger partial charge in [0.2, 0.25) is 9.76 Å². The fourth-order valence-electron chi connectivity index (χ4n) is 0.910. The summed E-state index contributed by atoms with van der Waals surface area (Å²) in [6.07, 6.45) is 0. The van der Waals surface area contributed by atoms with Gasteiger partial charge in [-0.1, -0.05) is 23.4 Å². The predicted molar refractivity (Wildman–Crippen MR) is 59.5 cm³/mol. The van der Waals surface area contributed by atoms with E-state index in [1.165, 1.54) is 5.57 Å². The number of nitrogens with two attached hydrogens (primary N) is 1. The first kappa shape index (κ1) is 9.86. The van der Waals surface area contributed by atoms with E-state index in [0.717, 1.165) is 11.4 Å². The Balaban J connectivity index is 2.55. The highest BCUT2D eigenvalue weighted by Crippen LogP contribution is 2.18. The van der Waals surface area contributed by atoms with E-state index in [9.17, 15) is 0 Å². The fourth-order valence-corrected chi connectivity index (χ4v) is 1.77. The number of nitrogen functional groups attached to an aromatic ring is 1. The molecule has 0 aliphatic rings. The van der Waals surface area contributed by atoms with Crippen LogP contribution >= 0.6 is 0 Å². The van der Waals surface area contributed by atoms with Gasteiger partial charge in [-0.15, -0.1) is 0 Å². The molecule has 2 N–H and O–H groups in total. The Morgan fingerprint density at radius 3 is 2.69 bits per heavy atom. The molecule has 0 amide bonds. The van der Waals surface area contributed by atoms with E-state index in [-0.39, 0.29) is 0 Å². The molecule has 3 heteroatoms. The normalized spacial score (nSPS) is 10.3. The van der Waals surface area contributed by atoms with Crippen molar-refractivity contribution >= 4 is 15.5 Å². The van der Waals surface area contributed by atoms with Gasteiger partial charge in [0.15, 0.2) is 0 Å². The van der Waals surface area contributed by atoms with Gasteiger partial charge in [0.25, 0.3) is 0 Å². The number of para-hydroxylation sites is 2. The average Bonchev–Trinajstić information content (AvgIpc) is 2.08. The van der Waals surface area contributed by atoms with Crippen molar-refractivity contribution in [2.45, 2.75) is 13.8 Å². The monoisotopic (exact) mass is 193 g/mol. The third kappa shape index (κ3) is 3.34. The van der Waals surface area contributed by atoms with E-state index in [1.54, 1.807) is 0 Å². The number of rotatable bonds is 3. The molecule has 1 aromatic carbocycles. The van der Waals surface area contributed by atoms with Crippen LogP contribution in [0.15, 0.2) is 35.5 Å². The average molecular weight is 193 g/mol. The van der Waals surface area contributed by atoms with E-state index >= 15 is 0 Å². The Bertz CT molecular complexity index is 306. The molecule has 0 saturated heterocycles. The molecule has 0 bridgehead atoms. The first-order valence-corrected chi connectivity index (χ1v) is 5.70. The van der Waals surface area contributed by atoms with Crippen LogP contribution in [0.3, 0.4) is 0 Å². The molecule has 0 heterocycles. The standard InChI is InChI=1S/C10H15NOSi/c1-8(2)7-13-12-10-6-4-3-5-9(10)11/h3-7H,11,13H2,1-2H3. The molecule has 2 nitrogen and oxygen atoms in total. The second kappa shape index (κ2) is 4.72. The molecule has 0 aliphatic carbocycles. The van der Waals surface area contributed by atoms with Crippen molar-refractivity contribution < 1.29 is 4.43 Å². The van der Waals surface area contributed by atoms with Crippen molar-refractivity contribution in [3.8, 4) is 5.75 Å². The minimum absolute atomic E-state index is 0.598. The van der Waals surface area contributed by atoms with E-state index in [2.05, 4.69) is 19.5 Å². The van der Waals surface area contributed by atoms with Crippen LogP contribution in [0.4, 0.5) is 5.69 Å². The molecular weight excluding hydrogens is 178 g/mol. The van der Waals surface area contributed by atoms with Crippen LogP contribution in [0, 0.1) is 0 Å². The minimum Gasteiger partial charge on any atom is -0.544 e. The third-order valence-electron chi connectivity index (χ3n) is 1.65.